The van der Waals surface area contributed by atoms with E-state index >= 15 is 0 Å². The molecule has 29 heavy (non-hydrogen) atoms. The number of nitrogens with zero attached hydrogens (tertiary/aromatic N) is 1. The highest BCUT2D eigenvalue weighted by atomic mass is 16.3. The van der Waals surface area contributed by atoms with Gasteiger partial charge in [-0.15, -0.1) is 0 Å². The van der Waals surface area contributed by atoms with Crippen LogP contribution in [-0.4, -0.2) is 35.0 Å². The van der Waals surface area contributed by atoms with Crippen LogP contribution < -0.4 is 0 Å². The molecule has 2 atom stereocenters. The van der Waals surface area contributed by atoms with E-state index in [-0.39, 0.29) is 23.8 Å². The molecule has 2 aromatic rings. The number of unbranched alkanes of at least 4 members (excludes halogenated alkanes) is 1. The Morgan fingerprint density at radius 1 is 1.03 bits per heavy atom. The molecule has 154 valence electrons. The van der Waals surface area contributed by atoms with E-state index < -0.39 is 0 Å². The van der Waals surface area contributed by atoms with Crippen LogP contribution in [0.3, 0.4) is 0 Å². The second kappa shape index (κ2) is 9.23. The first-order valence-corrected chi connectivity index (χ1v) is 11.3. The van der Waals surface area contributed by atoms with E-state index in [1.165, 1.54) is 29.5 Å². The number of fused-ring (bicyclic) bond motifs is 1. The van der Waals surface area contributed by atoms with Gasteiger partial charge in [0.05, 0.1) is 6.10 Å². The van der Waals surface area contributed by atoms with Gasteiger partial charge in [0.15, 0.2) is 5.78 Å². The lowest BCUT2D eigenvalue weighted by atomic mass is 9.76. The summed E-state index contributed by atoms with van der Waals surface area (Å²) in [5.41, 5.74) is 4.73. The number of hydrogen-bond donors (Lipinski definition) is 1. The fraction of sp³-hybridized carbons (Fsp3) is 0.500. The van der Waals surface area contributed by atoms with Crippen LogP contribution in [0.4, 0.5) is 0 Å². The Bertz CT molecular complexity index is 821. The number of aliphatic hydroxyl groups excluding tert-OH is 1. The topological polar surface area (TPSA) is 40.5 Å². The average Bonchev–Trinajstić information content (AvgIpc) is 2.76. The molecule has 1 saturated heterocycles. The van der Waals surface area contributed by atoms with E-state index in [1.54, 1.807) is 0 Å². The standard InChI is InChI=1S/C26H33NO2/c1-2-3-6-19-9-11-21(12-10-19)25(27-17-15-22(28)16-18-27)24-14-13-20-7-4-5-8-23(20)26(24)29/h4-5,7-12,22,24-25,28H,2-3,6,13-18H2,1H3. The van der Waals surface area contributed by atoms with Gasteiger partial charge in [-0.25, -0.2) is 0 Å². The van der Waals surface area contributed by atoms with E-state index in [0.29, 0.717) is 0 Å². The summed E-state index contributed by atoms with van der Waals surface area (Å²) in [5, 5.41) is 10.00. The number of carbonyl (C=O) groups is 1. The lowest BCUT2D eigenvalue weighted by Gasteiger charge is -2.41. The second-order valence-electron chi connectivity index (χ2n) is 8.72. The number of likely N-dealkylation sites (tertiary alicyclic amines) is 1. The van der Waals surface area contributed by atoms with Crippen molar-refractivity contribution in [2.45, 2.75) is 64.0 Å². The van der Waals surface area contributed by atoms with Gasteiger partial charge in [-0.05, 0) is 55.2 Å². The minimum Gasteiger partial charge on any atom is -0.393 e. The molecular formula is C26H33NO2. The Balaban J connectivity index is 1.63. The summed E-state index contributed by atoms with van der Waals surface area (Å²) >= 11 is 0. The number of aryl methyl sites for hydroxylation is 2. The highest BCUT2D eigenvalue weighted by molar-refractivity contribution is 6.00. The van der Waals surface area contributed by atoms with Crippen molar-refractivity contribution in [2.24, 2.45) is 5.92 Å². The summed E-state index contributed by atoms with van der Waals surface area (Å²) in [6.07, 6.45) is 6.79. The second-order valence-corrected chi connectivity index (χ2v) is 8.72. The molecule has 3 nitrogen and oxygen atoms in total. The van der Waals surface area contributed by atoms with Gasteiger partial charge in [0, 0.05) is 30.6 Å². The molecule has 1 heterocycles. The zero-order valence-corrected chi connectivity index (χ0v) is 17.5. The van der Waals surface area contributed by atoms with Crippen molar-refractivity contribution in [3.8, 4) is 0 Å². The van der Waals surface area contributed by atoms with E-state index in [2.05, 4.69) is 42.2 Å². The lowest BCUT2D eigenvalue weighted by molar-refractivity contribution is 0.0379. The molecule has 2 aromatic carbocycles. The predicted octanol–water partition coefficient (Wildman–Crippen LogP) is 4.97. The number of piperidine rings is 1. The Hall–Kier alpha value is -1.97. The lowest BCUT2D eigenvalue weighted by Crippen LogP contribution is -2.44. The Morgan fingerprint density at radius 3 is 2.48 bits per heavy atom. The molecule has 0 aromatic heterocycles. The maximum atomic E-state index is 13.5. The summed E-state index contributed by atoms with van der Waals surface area (Å²) in [5.74, 6) is 0.277. The van der Waals surface area contributed by atoms with Crippen molar-refractivity contribution < 1.29 is 9.90 Å². The number of Topliss-reactive ketones (excluding diaryl/α,β-unsaturated/α-hetero) is 1. The number of ketones is 1. The van der Waals surface area contributed by atoms with Crippen molar-refractivity contribution >= 4 is 5.78 Å². The zero-order valence-electron chi connectivity index (χ0n) is 17.5. The molecule has 2 aliphatic rings. The molecular weight excluding hydrogens is 358 g/mol. The number of benzene rings is 2. The number of carbonyl (C=O) groups excluding carboxylic acids is 1. The third kappa shape index (κ3) is 4.46. The first-order valence-electron chi connectivity index (χ1n) is 11.3. The molecule has 1 aliphatic carbocycles. The largest absolute Gasteiger partial charge is 0.393 e. The molecule has 0 radical (unpaired) electrons. The number of aliphatic hydroxyl groups is 1. The molecule has 3 heteroatoms. The van der Waals surface area contributed by atoms with Crippen LogP contribution in [0.2, 0.25) is 0 Å². The zero-order chi connectivity index (χ0) is 20.2. The summed E-state index contributed by atoms with van der Waals surface area (Å²) in [7, 11) is 0. The van der Waals surface area contributed by atoms with Gasteiger partial charge >= 0.3 is 0 Å². The third-order valence-electron chi connectivity index (χ3n) is 6.76. The minimum absolute atomic E-state index is 0.0124. The SMILES string of the molecule is CCCCc1ccc(C(C2CCc3ccccc3C2=O)N2CCC(O)CC2)cc1. The highest BCUT2D eigenvalue weighted by Crippen LogP contribution is 2.39. The van der Waals surface area contributed by atoms with Gasteiger partial charge in [-0.1, -0.05) is 61.9 Å². The smallest absolute Gasteiger partial charge is 0.168 e. The highest BCUT2D eigenvalue weighted by Gasteiger charge is 2.38. The van der Waals surface area contributed by atoms with Crippen LogP contribution in [0.15, 0.2) is 48.5 Å². The molecule has 1 fully saturated rings. The number of hydrogen-bond acceptors (Lipinski definition) is 3. The third-order valence-corrected chi connectivity index (χ3v) is 6.76. The van der Waals surface area contributed by atoms with E-state index in [9.17, 15) is 9.90 Å². The summed E-state index contributed by atoms with van der Waals surface area (Å²) in [6.45, 7) is 3.94. The van der Waals surface area contributed by atoms with Gasteiger partial charge < -0.3 is 5.11 Å². The molecule has 0 spiro atoms. The molecule has 2 unspecified atom stereocenters. The van der Waals surface area contributed by atoms with Crippen molar-refractivity contribution in [1.29, 1.82) is 0 Å². The van der Waals surface area contributed by atoms with Crippen LogP contribution in [0, 0.1) is 5.92 Å². The van der Waals surface area contributed by atoms with Crippen LogP contribution in [-0.2, 0) is 12.8 Å². The van der Waals surface area contributed by atoms with E-state index in [0.717, 1.165) is 50.8 Å². The van der Waals surface area contributed by atoms with Crippen LogP contribution in [0.5, 0.6) is 0 Å². The molecule has 0 saturated carbocycles. The minimum atomic E-state index is -0.203. The summed E-state index contributed by atoms with van der Waals surface area (Å²) in [6, 6.07) is 17.2. The first-order chi connectivity index (χ1) is 14.2. The van der Waals surface area contributed by atoms with Gasteiger partial charge in [0.1, 0.15) is 0 Å². The van der Waals surface area contributed by atoms with Crippen LogP contribution in [0.25, 0.3) is 0 Å². The number of rotatable bonds is 6. The van der Waals surface area contributed by atoms with Crippen LogP contribution in [0.1, 0.15) is 72.1 Å². The quantitative estimate of drug-likeness (QED) is 0.756. The average molecular weight is 392 g/mol. The Kier molecular flexibility index (Phi) is 6.46. The van der Waals surface area contributed by atoms with E-state index in [1.807, 2.05) is 18.2 Å². The van der Waals surface area contributed by atoms with Gasteiger partial charge in [0.25, 0.3) is 0 Å². The van der Waals surface area contributed by atoms with Crippen molar-refractivity contribution in [3.63, 3.8) is 0 Å². The molecule has 1 aliphatic heterocycles. The van der Waals surface area contributed by atoms with Gasteiger partial charge in [-0.3, -0.25) is 9.69 Å². The Morgan fingerprint density at radius 2 is 1.76 bits per heavy atom. The fourth-order valence-corrected chi connectivity index (χ4v) is 5.05. The Labute approximate surface area is 174 Å². The normalized spacial score (nSPS) is 21.7. The van der Waals surface area contributed by atoms with E-state index in [4.69, 9.17) is 0 Å². The predicted molar refractivity (Wildman–Crippen MR) is 117 cm³/mol. The van der Waals surface area contributed by atoms with Gasteiger partial charge in [0.2, 0.25) is 0 Å². The summed E-state index contributed by atoms with van der Waals surface area (Å²) < 4.78 is 0. The molecule has 1 N–H and O–H groups in total. The fourth-order valence-electron chi connectivity index (χ4n) is 5.05. The molecule has 0 amide bonds. The maximum absolute atomic E-state index is 13.5. The first kappa shape index (κ1) is 20.3. The monoisotopic (exact) mass is 391 g/mol. The molecule has 4 rings (SSSR count). The van der Waals surface area contributed by atoms with Crippen LogP contribution >= 0.6 is 0 Å². The van der Waals surface area contributed by atoms with Gasteiger partial charge in [-0.2, -0.15) is 0 Å². The van der Waals surface area contributed by atoms with Crippen molar-refractivity contribution in [3.05, 3.63) is 70.8 Å². The molecule has 0 bridgehead atoms. The van der Waals surface area contributed by atoms with Crippen molar-refractivity contribution in [2.75, 3.05) is 13.1 Å². The summed E-state index contributed by atoms with van der Waals surface area (Å²) in [4.78, 5) is 15.9. The van der Waals surface area contributed by atoms with Crippen molar-refractivity contribution in [1.82, 2.24) is 4.90 Å². The maximum Gasteiger partial charge on any atom is 0.168 e.